The lowest BCUT2D eigenvalue weighted by atomic mass is 10.2. The number of aliphatic hydroxyl groups excluding tert-OH is 1. The molecule has 0 spiro atoms. The first-order chi connectivity index (χ1) is 8.77. The summed E-state index contributed by atoms with van der Waals surface area (Å²) in [6, 6.07) is 5.79. The second-order valence-corrected chi connectivity index (χ2v) is 4.41. The molecule has 0 aliphatic rings. The lowest BCUT2D eigenvalue weighted by Crippen LogP contribution is -2.03. The third-order valence-electron chi connectivity index (χ3n) is 2.76. The minimum atomic E-state index is 0.0368. The van der Waals surface area contributed by atoms with E-state index in [1.165, 1.54) is 19.3 Å². The Labute approximate surface area is 110 Å². The normalized spacial score (nSPS) is 10.4. The molecule has 0 amide bonds. The van der Waals surface area contributed by atoms with Gasteiger partial charge in [-0.15, -0.1) is 0 Å². The van der Waals surface area contributed by atoms with Crippen LogP contribution in [-0.2, 0) is 0 Å². The van der Waals surface area contributed by atoms with E-state index in [9.17, 15) is 0 Å². The number of hydrogen-bond donors (Lipinski definition) is 1. The molecular weight excluding hydrogens is 228 g/mol. The number of rotatable bonds is 9. The third-order valence-corrected chi connectivity index (χ3v) is 2.76. The van der Waals surface area contributed by atoms with E-state index in [1.807, 2.05) is 25.1 Å². The molecule has 0 saturated carbocycles. The van der Waals surface area contributed by atoms with Gasteiger partial charge in [0.2, 0.25) is 0 Å². The van der Waals surface area contributed by atoms with Crippen LogP contribution in [0.4, 0.5) is 0 Å². The van der Waals surface area contributed by atoms with Gasteiger partial charge in [0.25, 0.3) is 0 Å². The average molecular weight is 252 g/mol. The summed E-state index contributed by atoms with van der Waals surface area (Å²) in [7, 11) is 0. The van der Waals surface area contributed by atoms with Gasteiger partial charge in [-0.25, -0.2) is 0 Å². The molecule has 0 unspecified atom stereocenters. The van der Waals surface area contributed by atoms with Gasteiger partial charge in [0.1, 0.15) is 18.1 Å². The van der Waals surface area contributed by atoms with Crippen molar-refractivity contribution in [3.63, 3.8) is 0 Å². The molecular formula is C15H24O3. The van der Waals surface area contributed by atoms with E-state index in [-0.39, 0.29) is 6.61 Å². The number of hydrogen-bond acceptors (Lipinski definition) is 3. The Morgan fingerprint density at radius 2 is 1.89 bits per heavy atom. The highest BCUT2D eigenvalue weighted by Gasteiger charge is 2.01. The third kappa shape index (κ3) is 5.41. The zero-order valence-electron chi connectivity index (χ0n) is 11.4. The molecule has 0 saturated heterocycles. The van der Waals surface area contributed by atoms with Crippen molar-refractivity contribution in [3.05, 3.63) is 23.8 Å². The van der Waals surface area contributed by atoms with E-state index in [0.29, 0.717) is 6.61 Å². The summed E-state index contributed by atoms with van der Waals surface area (Å²) >= 11 is 0. The van der Waals surface area contributed by atoms with Gasteiger partial charge in [0, 0.05) is 0 Å². The number of benzene rings is 1. The van der Waals surface area contributed by atoms with Crippen LogP contribution < -0.4 is 9.47 Å². The lowest BCUT2D eigenvalue weighted by Gasteiger charge is -2.11. The Hall–Kier alpha value is -1.22. The van der Waals surface area contributed by atoms with E-state index in [1.54, 1.807) is 0 Å². The van der Waals surface area contributed by atoms with Gasteiger partial charge >= 0.3 is 0 Å². The van der Waals surface area contributed by atoms with Crippen molar-refractivity contribution < 1.29 is 14.6 Å². The van der Waals surface area contributed by atoms with Gasteiger partial charge in [-0.3, -0.25) is 0 Å². The van der Waals surface area contributed by atoms with E-state index in [0.717, 1.165) is 30.1 Å². The van der Waals surface area contributed by atoms with Gasteiger partial charge < -0.3 is 14.6 Å². The van der Waals surface area contributed by atoms with Crippen LogP contribution >= 0.6 is 0 Å². The first-order valence-electron chi connectivity index (χ1n) is 6.75. The predicted octanol–water partition coefficient (Wildman–Crippen LogP) is 3.33. The van der Waals surface area contributed by atoms with Crippen molar-refractivity contribution in [3.8, 4) is 11.5 Å². The number of aryl methyl sites for hydroxylation is 1. The molecule has 0 aliphatic heterocycles. The molecule has 1 aromatic rings. The number of aliphatic hydroxyl groups is 1. The van der Waals surface area contributed by atoms with Crippen LogP contribution in [0.3, 0.4) is 0 Å². The summed E-state index contributed by atoms with van der Waals surface area (Å²) in [4.78, 5) is 0. The highest BCUT2D eigenvalue weighted by atomic mass is 16.5. The molecule has 18 heavy (non-hydrogen) atoms. The summed E-state index contributed by atoms with van der Waals surface area (Å²) in [6.07, 6.45) is 4.86. The Morgan fingerprint density at radius 1 is 1.06 bits per heavy atom. The summed E-state index contributed by atoms with van der Waals surface area (Å²) in [5.74, 6) is 1.70. The molecule has 0 radical (unpaired) electrons. The monoisotopic (exact) mass is 252 g/mol. The zero-order chi connectivity index (χ0) is 13.2. The zero-order valence-corrected chi connectivity index (χ0v) is 11.4. The maximum atomic E-state index is 8.71. The number of ether oxygens (including phenoxy) is 2. The van der Waals surface area contributed by atoms with E-state index in [4.69, 9.17) is 14.6 Å². The van der Waals surface area contributed by atoms with Crippen LogP contribution in [0.25, 0.3) is 0 Å². The van der Waals surface area contributed by atoms with Gasteiger partial charge in [0.05, 0.1) is 13.2 Å². The van der Waals surface area contributed by atoms with Gasteiger partial charge in [0.15, 0.2) is 0 Å². The van der Waals surface area contributed by atoms with Crippen LogP contribution in [-0.4, -0.2) is 24.9 Å². The predicted molar refractivity (Wildman–Crippen MR) is 73.4 cm³/mol. The standard InChI is InChI=1S/C15H24O3/c1-3-4-5-6-10-17-14-7-8-15(13(2)12-14)18-11-9-16/h7-8,12,16H,3-6,9-11H2,1-2H3. The maximum Gasteiger partial charge on any atom is 0.122 e. The van der Waals surface area contributed by atoms with Crippen molar-refractivity contribution in [1.82, 2.24) is 0 Å². The Kier molecular flexibility index (Phi) is 7.26. The molecule has 0 aromatic heterocycles. The van der Waals surface area contributed by atoms with Crippen molar-refractivity contribution >= 4 is 0 Å². The van der Waals surface area contributed by atoms with Crippen molar-refractivity contribution in [2.45, 2.75) is 39.5 Å². The fraction of sp³-hybridized carbons (Fsp3) is 0.600. The molecule has 102 valence electrons. The van der Waals surface area contributed by atoms with Crippen molar-refractivity contribution in [1.29, 1.82) is 0 Å². The molecule has 0 atom stereocenters. The summed E-state index contributed by atoms with van der Waals surface area (Å²) in [6.45, 7) is 5.33. The second-order valence-electron chi connectivity index (χ2n) is 4.41. The van der Waals surface area contributed by atoms with Gasteiger partial charge in [-0.05, 0) is 37.1 Å². The highest BCUT2D eigenvalue weighted by Crippen LogP contribution is 2.23. The first-order valence-corrected chi connectivity index (χ1v) is 6.75. The fourth-order valence-electron chi connectivity index (χ4n) is 1.75. The summed E-state index contributed by atoms with van der Waals surface area (Å²) in [5, 5.41) is 8.71. The smallest absolute Gasteiger partial charge is 0.122 e. The minimum absolute atomic E-state index is 0.0368. The van der Waals surface area contributed by atoms with E-state index >= 15 is 0 Å². The summed E-state index contributed by atoms with van der Waals surface area (Å²) < 4.78 is 11.1. The lowest BCUT2D eigenvalue weighted by molar-refractivity contribution is 0.200. The molecule has 0 aliphatic carbocycles. The van der Waals surface area contributed by atoms with Crippen LogP contribution in [0.1, 0.15) is 38.2 Å². The van der Waals surface area contributed by atoms with Crippen LogP contribution in [0.2, 0.25) is 0 Å². The highest BCUT2D eigenvalue weighted by molar-refractivity contribution is 5.39. The molecule has 0 heterocycles. The molecule has 0 bridgehead atoms. The molecule has 1 N–H and O–H groups in total. The first kappa shape index (κ1) is 14.8. The SMILES string of the molecule is CCCCCCOc1ccc(OCCO)c(C)c1. The van der Waals surface area contributed by atoms with E-state index < -0.39 is 0 Å². The Morgan fingerprint density at radius 3 is 2.56 bits per heavy atom. The average Bonchev–Trinajstić information content (AvgIpc) is 2.37. The van der Waals surface area contributed by atoms with Crippen molar-refractivity contribution in [2.75, 3.05) is 19.8 Å². The molecule has 0 fully saturated rings. The Balaban J connectivity index is 2.36. The van der Waals surface area contributed by atoms with Crippen LogP contribution in [0.5, 0.6) is 11.5 Å². The molecule has 1 rings (SSSR count). The second kappa shape index (κ2) is 8.81. The van der Waals surface area contributed by atoms with Crippen molar-refractivity contribution in [2.24, 2.45) is 0 Å². The largest absolute Gasteiger partial charge is 0.494 e. The molecule has 3 heteroatoms. The summed E-state index contributed by atoms with van der Waals surface area (Å²) in [5.41, 5.74) is 1.04. The Bertz CT molecular complexity index is 337. The van der Waals surface area contributed by atoms with Gasteiger partial charge in [-0.1, -0.05) is 26.2 Å². The maximum absolute atomic E-state index is 8.71. The quantitative estimate of drug-likeness (QED) is 0.685. The van der Waals surface area contributed by atoms with E-state index in [2.05, 4.69) is 6.92 Å². The molecule has 1 aromatic carbocycles. The topological polar surface area (TPSA) is 38.7 Å². The molecule has 3 nitrogen and oxygen atoms in total. The fourth-order valence-corrected chi connectivity index (χ4v) is 1.75. The minimum Gasteiger partial charge on any atom is -0.494 e. The van der Waals surface area contributed by atoms with Crippen LogP contribution in [0.15, 0.2) is 18.2 Å². The van der Waals surface area contributed by atoms with Gasteiger partial charge in [-0.2, -0.15) is 0 Å². The number of unbranched alkanes of at least 4 members (excludes halogenated alkanes) is 3. The van der Waals surface area contributed by atoms with Crippen LogP contribution in [0, 0.1) is 6.92 Å².